The molecule has 0 spiro atoms. The van der Waals surface area contributed by atoms with Crippen LogP contribution >= 0.6 is 15.9 Å². The number of halogens is 1. The molecule has 0 aliphatic heterocycles. The lowest BCUT2D eigenvalue weighted by atomic mass is 10.3. The van der Waals surface area contributed by atoms with Crippen molar-refractivity contribution in [1.82, 2.24) is 14.6 Å². The molecule has 12 heavy (non-hydrogen) atoms. The Morgan fingerprint density at radius 2 is 2.17 bits per heavy atom. The van der Waals surface area contributed by atoms with Crippen LogP contribution in [0.2, 0.25) is 0 Å². The Morgan fingerprint density at radius 3 is 2.92 bits per heavy atom. The van der Waals surface area contributed by atoms with Gasteiger partial charge in [-0.25, -0.2) is 9.50 Å². The second-order valence-electron chi connectivity index (χ2n) is 2.76. The first-order valence-corrected chi connectivity index (χ1v) is 4.45. The van der Waals surface area contributed by atoms with E-state index in [-0.39, 0.29) is 0 Å². The Bertz CT molecular complexity index is 433. The van der Waals surface area contributed by atoms with Crippen LogP contribution in [-0.4, -0.2) is 14.6 Å². The highest BCUT2D eigenvalue weighted by Crippen LogP contribution is 2.21. The van der Waals surface area contributed by atoms with Gasteiger partial charge in [0, 0.05) is 5.69 Å². The van der Waals surface area contributed by atoms with Crippen molar-refractivity contribution < 1.29 is 0 Å². The molecule has 0 saturated carbocycles. The zero-order chi connectivity index (χ0) is 8.72. The molecule has 0 bridgehead atoms. The van der Waals surface area contributed by atoms with Crippen LogP contribution in [-0.2, 0) is 0 Å². The van der Waals surface area contributed by atoms with Gasteiger partial charge in [0.05, 0.1) is 15.7 Å². The minimum atomic E-state index is 0.988. The summed E-state index contributed by atoms with van der Waals surface area (Å²) in [7, 11) is 0. The van der Waals surface area contributed by atoms with E-state index in [1.807, 2.05) is 19.9 Å². The van der Waals surface area contributed by atoms with Crippen molar-refractivity contribution in [3.8, 4) is 0 Å². The number of nitrogens with zero attached hydrogens (tertiary/aromatic N) is 3. The van der Waals surface area contributed by atoms with Crippen molar-refractivity contribution in [2.75, 3.05) is 0 Å². The molecule has 4 heteroatoms. The normalized spacial score (nSPS) is 10.9. The van der Waals surface area contributed by atoms with Crippen molar-refractivity contribution in [2.45, 2.75) is 13.8 Å². The van der Waals surface area contributed by atoms with Gasteiger partial charge in [0.1, 0.15) is 6.33 Å². The number of hydrogen-bond acceptors (Lipinski definition) is 2. The first-order chi connectivity index (χ1) is 5.68. The molecular weight excluding hydrogens is 218 g/mol. The van der Waals surface area contributed by atoms with Crippen molar-refractivity contribution in [3.63, 3.8) is 0 Å². The molecule has 2 aromatic rings. The Hall–Kier alpha value is -0.900. The summed E-state index contributed by atoms with van der Waals surface area (Å²) < 4.78 is 2.82. The van der Waals surface area contributed by atoms with E-state index in [1.165, 1.54) is 0 Å². The van der Waals surface area contributed by atoms with Gasteiger partial charge in [-0.2, -0.15) is 5.10 Å². The lowest BCUT2D eigenvalue weighted by Gasteiger charge is -1.93. The van der Waals surface area contributed by atoms with Crippen LogP contribution in [0.15, 0.2) is 16.9 Å². The molecule has 0 aliphatic carbocycles. The standard InChI is InChI=1S/C8H8BrN3/c1-5-3-7-8(9)6(2)11-12(7)4-10-5/h3-4H,1-2H3. The molecule has 0 atom stereocenters. The van der Waals surface area contributed by atoms with E-state index in [1.54, 1.807) is 10.8 Å². The Balaban J connectivity index is 2.88. The zero-order valence-corrected chi connectivity index (χ0v) is 8.46. The van der Waals surface area contributed by atoms with Crippen LogP contribution in [0.3, 0.4) is 0 Å². The summed E-state index contributed by atoms with van der Waals surface area (Å²) in [5, 5.41) is 4.26. The Morgan fingerprint density at radius 1 is 1.42 bits per heavy atom. The number of hydrogen-bond donors (Lipinski definition) is 0. The predicted molar refractivity (Wildman–Crippen MR) is 50.2 cm³/mol. The monoisotopic (exact) mass is 225 g/mol. The second kappa shape index (κ2) is 2.55. The zero-order valence-electron chi connectivity index (χ0n) is 6.87. The van der Waals surface area contributed by atoms with Gasteiger partial charge in [-0.1, -0.05) is 0 Å². The third-order valence-electron chi connectivity index (χ3n) is 1.76. The fourth-order valence-corrected chi connectivity index (χ4v) is 1.52. The molecule has 62 valence electrons. The molecule has 0 N–H and O–H groups in total. The quantitative estimate of drug-likeness (QED) is 0.688. The van der Waals surface area contributed by atoms with E-state index in [0.717, 1.165) is 21.4 Å². The smallest absolute Gasteiger partial charge is 0.117 e. The fraction of sp³-hybridized carbons (Fsp3) is 0.250. The molecule has 0 radical (unpaired) electrons. The summed E-state index contributed by atoms with van der Waals surface area (Å²) in [4.78, 5) is 4.14. The molecule has 2 heterocycles. The highest BCUT2D eigenvalue weighted by molar-refractivity contribution is 9.10. The molecule has 0 fully saturated rings. The Kier molecular flexibility index (Phi) is 1.65. The van der Waals surface area contributed by atoms with Crippen LogP contribution in [0.5, 0.6) is 0 Å². The highest BCUT2D eigenvalue weighted by atomic mass is 79.9. The molecule has 0 unspecified atom stereocenters. The van der Waals surface area contributed by atoms with Crippen LogP contribution in [0, 0.1) is 13.8 Å². The number of aryl methyl sites for hydroxylation is 2. The summed E-state index contributed by atoms with van der Waals surface area (Å²) >= 11 is 3.47. The average Bonchev–Trinajstić information content (AvgIpc) is 2.31. The van der Waals surface area contributed by atoms with Crippen molar-refractivity contribution in [3.05, 3.63) is 28.3 Å². The molecule has 0 aliphatic rings. The lowest BCUT2D eigenvalue weighted by molar-refractivity contribution is 0.891. The van der Waals surface area contributed by atoms with E-state index < -0.39 is 0 Å². The van der Waals surface area contributed by atoms with E-state index >= 15 is 0 Å². The molecule has 0 aromatic carbocycles. The van der Waals surface area contributed by atoms with E-state index in [4.69, 9.17) is 0 Å². The van der Waals surface area contributed by atoms with Crippen molar-refractivity contribution in [1.29, 1.82) is 0 Å². The summed E-state index contributed by atoms with van der Waals surface area (Å²) in [6, 6.07) is 2.00. The third-order valence-corrected chi connectivity index (χ3v) is 2.74. The maximum atomic E-state index is 4.26. The maximum Gasteiger partial charge on any atom is 0.117 e. The van der Waals surface area contributed by atoms with Gasteiger partial charge in [0.25, 0.3) is 0 Å². The SMILES string of the molecule is Cc1cc2c(Br)c(C)nn2cn1. The van der Waals surface area contributed by atoms with Gasteiger partial charge in [0.2, 0.25) is 0 Å². The van der Waals surface area contributed by atoms with Gasteiger partial charge in [-0.05, 0) is 35.8 Å². The minimum Gasteiger partial charge on any atom is -0.242 e. The van der Waals surface area contributed by atoms with Crippen LogP contribution in [0.4, 0.5) is 0 Å². The highest BCUT2D eigenvalue weighted by Gasteiger charge is 2.05. The molecule has 0 saturated heterocycles. The largest absolute Gasteiger partial charge is 0.242 e. The van der Waals surface area contributed by atoms with Crippen LogP contribution in [0.1, 0.15) is 11.4 Å². The van der Waals surface area contributed by atoms with Gasteiger partial charge in [-0.3, -0.25) is 0 Å². The van der Waals surface area contributed by atoms with Gasteiger partial charge < -0.3 is 0 Å². The summed E-state index contributed by atoms with van der Waals surface area (Å²) in [6.07, 6.45) is 1.72. The minimum absolute atomic E-state index is 0.988. The maximum absolute atomic E-state index is 4.26. The molecule has 0 amide bonds. The third kappa shape index (κ3) is 1.03. The Labute approximate surface area is 78.6 Å². The summed E-state index contributed by atoms with van der Waals surface area (Å²) in [5.41, 5.74) is 3.06. The van der Waals surface area contributed by atoms with Crippen molar-refractivity contribution in [2.24, 2.45) is 0 Å². The van der Waals surface area contributed by atoms with E-state index in [2.05, 4.69) is 26.0 Å². The number of rotatable bonds is 0. The number of fused-ring (bicyclic) bond motifs is 1. The lowest BCUT2D eigenvalue weighted by Crippen LogP contribution is -1.90. The van der Waals surface area contributed by atoms with Gasteiger partial charge >= 0.3 is 0 Å². The van der Waals surface area contributed by atoms with Crippen molar-refractivity contribution >= 4 is 21.4 Å². The predicted octanol–water partition coefficient (Wildman–Crippen LogP) is 2.11. The van der Waals surface area contributed by atoms with Crippen LogP contribution in [0.25, 0.3) is 5.52 Å². The first kappa shape index (κ1) is 7.73. The van der Waals surface area contributed by atoms with Gasteiger partial charge in [-0.15, -0.1) is 0 Å². The summed E-state index contributed by atoms with van der Waals surface area (Å²) in [6.45, 7) is 3.93. The topological polar surface area (TPSA) is 30.2 Å². The summed E-state index contributed by atoms with van der Waals surface area (Å²) in [5.74, 6) is 0. The number of aromatic nitrogens is 3. The van der Waals surface area contributed by atoms with Gasteiger partial charge in [0.15, 0.2) is 0 Å². The molecule has 2 aromatic heterocycles. The average molecular weight is 226 g/mol. The second-order valence-corrected chi connectivity index (χ2v) is 3.55. The first-order valence-electron chi connectivity index (χ1n) is 3.65. The van der Waals surface area contributed by atoms with Crippen LogP contribution < -0.4 is 0 Å². The molecule has 3 nitrogen and oxygen atoms in total. The fourth-order valence-electron chi connectivity index (χ4n) is 1.14. The molecule has 2 rings (SSSR count). The molecular formula is C8H8BrN3. The van der Waals surface area contributed by atoms with E-state index in [9.17, 15) is 0 Å². The van der Waals surface area contributed by atoms with E-state index in [0.29, 0.717) is 0 Å².